The largest absolute Gasteiger partial charge is 0.220 e. The monoisotopic (exact) mass is 333 g/mol. The van der Waals surface area contributed by atoms with E-state index < -0.39 is 0 Å². The van der Waals surface area contributed by atoms with Crippen molar-refractivity contribution in [1.82, 2.24) is 0 Å². The van der Waals surface area contributed by atoms with E-state index in [1.54, 1.807) is 0 Å². The molecule has 0 spiro atoms. The van der Waals surface area contributed by atoms with Gasteiger partial charge < -0.3 is 0 Å². The highest BCUT2D eigenvalue weighted by molar-refractivity contribution is 5.94. The van der Waals surface area contributed by atoms with Gasteiger partial charge in [-0.25, -0.2) is 0 Å². The summed E-state index contributed by atoms with van der Waals surface area (Å²) in [6.07, 6.45) is 0. The van der Waals surface area contributed by atoms with E-state index in [1.807, 2.05) is 6.92 Å². The van der Waals surface area contributed by atoms with Crippen LogP contribution in [0.3, 0.4) is 0 Å². The predicted molar refractivity (Wildman–Crippen MR) is 108 cm³/mol. The maximum atomic E-state index is 8.60. The minimum absolute atomic E-state index is 0.0998. The first-order valence-corrected chi connectivity index (χ1v) is 9.04. The summed E-state index contributed by atoms with van der Waals surface area (Å²) in [5.41, 5.74) is 8.76. The van der Waals surface area contributed by atoms with Gasteiger partial charge in [0, 0.05) is 13.0 Å². The van der Waals surface area contributed by atoms with Gasteiger partial charge >= 0.3 is 0 Å². The number of nitrogens with zero attached hydrogens (tertiary/aromatic N) is 1. The summed E-state index contributed by atoms with van der Waals surface area (Å²) in [6.45, 7) is 15.3. The molecule has 2 aromatic carbocycles. The Balaban J connectivity index is 2.49. The van der Waals surface area contributed by atoms with Crippen LogP contribution in [-0.2, 0) is 12.5 Å². The van der Waals surface area contributed by atoms with E-state index in [-0.39, 0.29) is 5.41 Å². The zero-order valence-corrected chi connectivity index (χ0v) is 16.8. The molecule has 3 aromatic rings. The van der Waals surface area contributed by atoms with Crippen LogP contribution < -0.4 is 4.57 Å². The van der Waals surface area contributed by atoms with Crippen LogP contribution in [0.15, 0.2) is 36.4 Å². The number of fused-ring (bicyclic) bond motifs is 1. The molecule has 25 heavy (non-hydrogen) atoms. The number of aromatic nitrogens is 1. The minimum atomic E-state index is 0.0998. The minimum Gasteiger partial charge on any atom is -0.198 e. The molecule has 0 saturated heterocycles. The fourth-order valence-electron chi connectivity index (χ4n) is 3.46. The number of hydrogen-bond donors (Lipinski definition) is 0. The lowest BCUT2D eigenvalue weighted by molar-refractivity contribution is -0.665. The second-order valence-corrected chi connectivity index (χ2v) is 8.38. The molecule has 1 heterocycles. The lowest BCUT2D eigenvalue weighted by Crippen LogP contribution is -2.35. The zero-order chi connectivity index (χ0) is 19.4. The topological polar surface area (TPSA) is 3.88 Å². The van der Waals surface area contributed by atoms with E-state index in [1.165, 1.54) is 33.5 Å². The van der Waals surface area contributed by atoms with Gasteiger partial charge in [-0.1, -0.05) is 44.5 Å². The van der Waals surface area contributed by atoms with Crippen LogP contribution in [0.2, 0.25) is 0 Å². The van der Waals surface area contributed by atoms with Gasteiger partial charge in [-0.3, -0.25) is 0 Å². The molecule has 1 aromatic heterocycles. The van der Waals surface area contributed by atoms with E-state index in [0.717, 1.165) is 16.5 Å². The van der Waals surface area contributed by atoms with Crippen molar-refractivity contribution in [3.05, 3.63) is 64.3 Å². The molecule has 0 N–H and O–H groups in total. The van der Waals surface area contributed by atoms with Crippen LogP contribution in [0, 0.1) is 27.7 Å². The molecule has 0 aliphatic rings. The lowest BCUT2D eigenvalue weighted by atomic mass is 9.82. The normalized spacial score (nSPS) is 12.6. The molecule has 0 aliphatic heterocycles. The van der Waals surface area contributed by atoms with Gasteiger partial charge in [0.05, 0.1) is 12.3 Å². The first-order valence-electron chi connectivity index (χ1n) is 9.54. The Kier molecular flexibility index (Phi) is 3.91. The molecule has 0 radical (unpaired) electrons. The highest BCUT2D eigenvalue weighted by atomic mass is 14.9. The fraction of sp³-hybridized carbons (Fsp3) is 0.375. The summed E-state index contributed by atoms with van der Waals surface area (Å²) in [5, 5.41) is 2.19. The molecule has 3 rings (SSSR count). The molecule has 130 valence electrons. The van der Waals surface area contributed by atoms with Crippen molar-refractivity contribution in [3.63, 3.8) is 0 Å². The number of hydrogen-bond acceptors (Lipinski definition) is 0. The Hall–Kier alpha value is -2.15. The summed E-state index contributed by atoms with van der Waals surface area (Å²) in [7, 11) is 2.08. The molecule has 0 bridgehead atoms. The molecular weight excluding hydrogens is 302 g/mol. The fourth-order valence-corrected chi connectivity index (χ4v) is 3.46. The third kappa shape index (κ3) is 3.08. The van der Waals surface area contributed by atoms with Crippen LogP contribution in [0.5, 0.6) is 0 Å². The molecule has 0 fully saturated rings. The average molecular weight is 334 g/mol. The third-order valence-corrected chi connectivity index (χ3v) is 5.37. The number of pyridine rings is 1. The van der Waals surface area contributed by atoms with Crippen LogP contribution in [0.4, 0.5) is 0 Å². The van der Waals surface area contributed by atoms with Gasteiger partial charge in [0.2, 0.25) is 5.69 Å². The maximum absolute atomic E-state index is 8.60. The van der Waals surface area contributed by atoms with Gasteiger partial charge in [-0.2, -0.15) is 4.57 Å². The van der Waals surface area contributed by atoms with Crippen molar-refractivity contribution >= 4 is 10.8 Å². The van der Waals surface area contributed by atoms with Crippen molar-refractivity contribution < 1.29 is 5.94 Å². The Bertz CT molecular complexity index is 1020. The summed E-state index contributed by atoms with van der Waals surface area (Å²) >= 11 is 0. The van der Waals surface area contributed by atoms with Crippen LogP contribution in [0.1, 0.15) is 50.1 Å². The quantitative estimate of drug-likeness (QED) is 0.491. The Morgan fingerprint density at radius 3 is 2.28 bits per heavy atom. The van der Waals surface area contributed by atoms with Gasteiger partial charge in [0.1, 0.15) is 7.05 Å². The maximum Gasteiger partial charge on any atom is 0.220 e. The van der Waals surface area contributed by atoms with E-state index >= 15 is 0 Å². The van der Waals surface area contributed by atoms with E-state index in [4.69, 9.17) is 1.37 Å². The molecule has 0 atom stereocenters. The van der Waals surface area contributed by atoms with Gasteiger partial charge in [-0.05, 0) is 60.4 Å². The highest BCUT2D eigenvalue weighted by Gasteiger charge is 2.23. The Labute approximate surface area is 153 Å². The molecule has 1 nitrogen and oxygen atoms in total. The van der Waals surface area contributed by atoms with Crippen molar-refractivity contribution in [2.24, 2.45) is 7.05 Å². The van der Waals surface area contributed by atoms with Crippen LogP contribution in [0.25, 0.3) is 22.0 Å². The van der Waals surface area contributed by atoms with Crippen molar-refractivity contribution in [2.75, 3.05) is 0 Å². The molecule has 0 unspecified atom stereocenters. The summed E-state index contributed by atoms with van der Waals surface area (Å²) < 4.78 is 10.8. The van der Waals surface area contributed by atoms with Crippen molar-refractivity contribution in [2.45, 2.75) is 53.9 Å². The van der Waals surface area contributed by atoms with Gasteiger partial charge in [0.25, 0.3) is 0 Å². The molecular formula is C24H30N+. The first kappa shape index (κ1) is 16.3. The SMILES string of the molecule is [2H]c1c(C)[n+](C)c(-c2cc(C(C)(C)C)cc(C)c2C)c2ccc(C)cc12. The summed E-state index contributed by atoms with van der Waals surface area (Å²) in [4.78, 5) is 0. The van der Waals surface area contributed by atoms with Crippen LogP contribution in [-0.4, -0.2) is 0 Å². The van der Waals surface area contributed by atoms with Crippen molar-refractivity contribution in [3.8, 4) is 11.3 Å². The van der Waals surface area contributed by atoms with E-state index in [9.17, 15) is 0 Å². The molecule has 0 aliphatic carbocycles. The molecule has 0 saturated carbocycles. The van der Waals surface area contributed by atoms with Gasteiger partial charge in [0.15, 0.2) is 5.69 Å². The second-order valence-electron chi connectivity index (χ2n) is 8.38. The van der Waals surface area contributed by atoms with E-state index in [0.29, 0.717) is 6.04 Å². The average Bonchev–Trinajstić information content (AvgIpc) is 2.56. The van der Waals surface area contributed by atoms with Crippen molar-refractivity contribution in [1.29, 1.82) is 0 Å². The standard InChI is InChI=1S/C24H30N/c1-15-9-10-21-19(11-15)13-17(3)25(8)23(21)22-14-20(24(5,6)7)12-16(2)18(22)4/h9-14H,1-8H3/q+1/i13D. The number of aryl methyl sites for hydroxylation is 2. The zero-order valence-electron chi connectivity index (χ0n) is 17.8. The Morgan fingerprint density at radius 2 is 1.64 bits per heavy atom. The molecule has 1 heteroatoms. The lowest BCUT2D eigenvalue weighted by Gasteiger charge is -2.22. The molecule has 0 amide bonds. The van der Waals surface area contributed by atoms with Crippen LogP contribution >= 0.6 is 0 Å². The number of benzene rings is 2. The third-order valence-electron chi connectivity index (χ3n) is 5.37. The number of rotatable bonds is 1. The Morgan fingerprint density at radius 1 is 0.960 bits per heavy atom. The highest BCUT2D eigenvalue weighted by Crippen LogP contribution is 2.34. The second kappa shape index (κ2) is 5.98. The summed E-state index contributed by atoms with van der Waals surface area (Å²) in [5.74, 6) is 0. The van der Waals surface area contributed by atoms with Gasteiger partial charge in [-0.15, -0.1) is 0 Å². The smallest absolute Gasteiger partial charge is 0.198 e. The van der Waals surface area contributed by atoms with E-state index in [2.05, 4.69) is 83.5 Å². The predicted octanol–water partition coefficient (Wildman–Crippen LogP) is 5.86. The first-order chi connectivity index (χ1) is 12.0. The summed E-state index contributed by atoms with van der Waals surface area (Å²) in [6, 6.07) is 11.8.